The summed E-state index contributed by atoms with van der Waals surface area (Å²) in [6, 6.07) is 7.77. The van der Waals surface area contributed by atoms with Gasteiger partial charge in [-0.3, -0.25) is 4.79 Å². The van der Waals surface area contributed by atoms with Gasteiger partial charge in [0.05, 0.1) is 0 Å². The maximum Gasteiger partial charge on any atom is 0.260 e. The molecule has 2 rings (SSSR count). The van der Waals surface area contributed by atoms with Crippen LogP contribution in [0.25, 0.3) is 0 Å². The Kier molecular flexibility index (Phi) is 6.25. The van der Waals surface area contributed by atoms with Gasteiger partial charge in [0.1, 0.15) is 5.75 Å². The Balaban J connectivity index is 1.67. The van der Waals surface area contributed by atoms with Gasteiger partial charge in [0, 0.05) is 6.54 Å². The molecule has 1 atom stereocenters. The zero-order valence-electron chi connectivity index (χ0n) is 14.0. The van der Waals surface area contributed by atoms with Crippen molar-refractivity contribution in [3.05, 3.63) is 29.8 Å². The second-order valence-electron chi connectivity index (χ2n) is 6.40. The second-order valence-corrected chi connectivity index (χ2v) is 6.40. The molecule has 1 amide bonds. The number of hydrogen-bond acceptors (Lipinski definition) is 3. The smallest absolute Gasteiger partial charge is 0.260 e. The predicted octanol–water partition coefficient (Wildman–Crippen LogP) is 2.61. The van der Waals surface area contributed by atoms with Crippen molar-refractivity contribution in [2.24, 2.45) is 5.92 Å². The first kappa shape index (κ1) is 16.8. The molecule has 0 spiro atoms. The zero-order chi connectivity index (χ0) is 15.9. The lowest BCUT2D eigenvalue weighted by atomic mass is 9.94. The highest BCUT2D eigenvalue weighted by Crippen LogP contribution is 2.18. The summed E-state index contributed by atoms with van der Waals surface area (Å²) >= 11 is 0. The molecule has 122 valence electrons. The number of rotatable bonds is 6. The summed E-state index contributed by atoms with van der Waals surface area (Å²) in [5, 5.41) is 3.00. The molecule has 0 bridgehead atoms. The standard InChI is InChI=1S/C18H28N2O2/c1-14-4-6-17(7-5-14)22-15(2)18(21)19-11-8-16-9-12-20(3)13-10-16/h4-7,15-16H,8-13H2,1-3H3,(H,19,21)/t15-/m1/s1. The number of amides is 1. The third kappa shape index (κ3) is 5.34. The summed E-state index contributed by atoms with van der Waals surface area (Å²) in [6.45, 7) is 6.92. The highest BCUT2D eigenvalue weighted by atomic mass is 16.5. The molecule has 1 N–H and O–H groups in total. The SMILES string of the molecule is Cc1ccc(O[C@H](C)C(=O)NCCC2CCN(C)CC2)cc1. The molecule has 1 aromatic carbocycles. The lowest BCUT2D eigenvalue weighted by molar-refractivity contribution is -0.127. The third-order valence-corrected chi connectivity index (χ3v) is 4.39. The quantitative estimate of drug-likeness (QED) is 0.878. The normalized spacial score (nSPS) is 18.0. The molecule has 4 heteroatoms. The molecule has 1 saturated heterocycles. The predicted molar refractivity (Wildman–Crippen MR) is 89.1 cm³/mol. The van der Waals surface area contributed by atoms with Crippen molar-refractivity contribution in [2.75, 3.05) is 26.7 Å². The molecule has 1 fully saturated rings. The van der Waals surface area contributed by atoms with Crippen LogP contribution in [0, 0.1) is 12.8 Å². The molecular weight excluding hydrogens is 276 g/mol. The van der Waals surface area contributed by atoms with E-state index in [2.05, 4.69) is 17.3 Å². The molecule has 0 saturated carbocycles. The molecule has 22 heavy (non-hydrogen) atoms. The lowest BCUT2D eigenvalue weighted by Gasteiger charge is -2.29. The molecule has 1 aliphatic rings. The minimum atomic E-state index is -0.458. The van der Waals surface area contributed by atoms with E-state index < -0.39 is 6.10 Å². The topological polar surface area (TPSA) is 41.6 Å². The summed E-state index contributed by atoms with van der Waals surface area (Å²) in [4.78, 5) is 14.4. The second kappa shape index (κ2) is 8.18. The van der Waals surface area contributed by atoms with Crippen LogP contribution in [0.2, 0.25) is 0 Å². The van der Waals surface area contributed by atoms with Crippen LogP contribution in [0.3, 0.4) is 0 Å². The number of nitrogens with zero attached hydrogens (tertiary/aromatic N) is 1. The van der Waals surface area contributed by atoms with Crippen LogP contribution in [-0.4, -0.2) is 43.6 Å². The number of ether oxygens (including phenoxy) is 1. The van der Waals surface area contributed by atoms with E-state index in [0.717, 1.165) is 24.6 Å². The van der Waals surface area contributed by atoms with Gasteiger partial charge in [0.2, 0.25) is 0 Å². The van der Waals surface area contributed by atoms with Gasteiger partial charge in [0.25, 0.3) is 5.91 Å². The van der Waals surface area contributed by atoms with E-state index in [-0.39, 0.29) is 5.91 Å². The summed E-state index contributed by atoms with van der Waals surface area (Å²) < 4.78 is 5.67. The van der Waals surface area contributed by atoms with E-state index in [1.807, 2.05) is 31.2 Å². The van der Waals surface area contributed by atoms with E-state index >= 15 is 0 Å². The third-order valence-electron chi connectivity index (χ3n) is 4.39. The minimum absolute atomic E-state index is 0.0338. The lowest BCUT2D eigenvalue weighted by Crippen LogP contribution is -2.38. The van der Waals surface area contributed by atoms with Crippen LogP contribution < -0.4 is 10.1 Å². The molecule has 0 unspecified atom stereocenters. The molecule has 4 nitrogen and oxygen atoms in total. The molecule has 1 aromatic rings. The van der Waals surface area contributed by atoms with Gasteiger partial charge in [-0.1, -0.05) is 17.7 Å². The Hall–Kier alpha value is -1.55. The van der Waals surface area contributed by atoms with E-state index in [0.29, 0.717) is 0 Å². The maximum atomic E-state index is 12.1. The van der Waals surface area contributed by atoms with Crippen molar-refractivity contribution >= 4 is 5.91 Å². The Morgan fingerprint density at radius 1 is 1.32 bits per heavy atom. The maximum absolute atomic E-state index is 12.1. The molecule has 1 heterocycles. The van der Waals surface area contributed by atoms with Gasteiger partial charge in [0.15, 0.2) is 6.10 Å². The molecule has 1 aliphatic heterocycles. The summed E-state index contributed by atoms with van der Waals surface area (Å²) in [5.41, 5.74) is 1.18. The molecule has 0 aliphatic carbocycles. The van der Waals surface area contributed by atoms with Gasteiger partial charge in [-0.2, -0.15) is 0 Å². The fourth-order valence-electron chi connectivity index (χ4n) is 2.77. The number of benzene rings is 1. The number of likely N-dealkylation sites (tertiary alicyclic amines) is 1. The Bertz CT molecular complexity index is 464. The number of aryl methyl sites for hydroxylation is 1. The summed E-state index contributed by atoms with van der Waals surface area (Å²) in [5.74, 6) is 1.45. The Labute approximate surface area is 133 Å². The van der Waals surface area contributed by atoms with Crippen molar-refractivity contribution in [3.63, 3.8) is 0 Å². The van der Waals surface area contributed by atoms with Crippen molar-refractivity contribution in [1.82, 2.24) is 10.2 Å². The summed E-state index contributed by atoms with van der Waals surface area (Å²) in [6.07, 6.45) is 3.08. The van der Waals surface area contributed by atoms with Crippen molar-refractivity contribution in [3.8, 4) is 5.75 Å². The van der Waals surface area contributed by atoms with Gasteiger partial charge in [-0.15, -0.1) is 0 Å². The minimum Gasteiger partial charge on any atom is -0.481 e. The number of hydrogen-bond donors (Lipinski definition) is 1. The van der Waals surface area contributed by atoms with Crippen LogP contribution in [0.4, 0.5) is 0 Å². The van der Waals surface area contributed by atoms with E-state index in [4.69, 9.17) is 4.74 Å². The first-order chi connectivity index (χ1) is 10.5. The van der Waals surface area contributed by atoms with Crippen LogP contribution in [-0.2, 0) is 4.79 Å². The highest BCUT2D eigenvalue weighted by Gasteiger charge is 2.18. The van der Waals surface area contributed by atoms with Gasteiger partial charge in [-0.25, -0.2) is 0 Å². The molecule has 0 radical (unpaired) electrons. The largest absolute Gasteiger partial charge is 0.481 e. The number of carbonyl (C=O) groups is 1. The molecule has 0 aromatic heterocycles. The van der Waals surface area contributed by atoms with E-state index in [1.54, 1.807) is 6.92 Å². The average Bonchev–Trinajstić information content (AvgIpc) is 2.51. The van der Waals surface area contributed by atoms with Gasteiger partial charge >= 0.3 is 0 Å². The van der Waals surface area contributed by atoms with Crippen molar-refractivity contribution < 1.29 is 9.53 Å². The zero-order valence-corrected chi connectivity index (χ0v) is 14.0. The summed E-state index contributed by atoms with van der Waals surface area (Å²) in [7, 11) is 2.17. The fourth-order valence-corrected chi connectivity index (χ4v) is 2.77. The number of nitrogens with one attached hydrogen (secondary N) is 1. The highest BCUT2D eigenvalue weighted by molar-refractivity contribution is 5.80. The first-order valence-corrected chi connectivity index (χ1v) is 8.24. The van der Waals surface area contributed by atoms with Gasteiger partial charge in [-0.05, 0) is 71.3 Å². The van der Waals surface area contributed by atoms with Gasteiger partial charge < -0.3 is 15.0 Å². The van der Waals surface area contributed by atoms with Crippen molar-refractivity contribution in [1.29, 1.82) is 0 Å². The van der Waals surface area contributed by atoms with Crippen LogP contribution >= 0.6 is 0 Å². The van der Waals surface area contributed by atoms with Crippen LogP contribution in [0.15, 0.2) is 24.3 Å². The molecular formula is C18H28N2O2. The van der Waals surface area contributed by atoms with E-state index in [9.17, 15) is 4.79 Å². The van der Waals surface area contributed by atoms with Crippen LogP contribution in [0.1, 0.15) is 31.7 Å². The Morgan fingerprint density at radius 3 is 2.59 bits per heavy atom. The van der Waals surface area contributed by atoms with Crippen molar-refractivity contribution in [2.45, 2.75) is 39.2 Å². The number of carbonyl (C=O) groups excluding carboxylic acids is 1. The monoisotopic (exact) mass is 304 g/mol. The van der Waals surface area contributed by atoms with E-state index in [1.165, 1.54) is 31.5 Å². The van der Waals surface area contributed by atoms with Crippen LogP contribution in [0.5, 0.6) is 5.75 Å². The number of piperidine rings is 1. The Morgan fingerprint density at radius 2 is 1.95 bits per heavy atom. The average molecular weight is 304 g/mol. The first-order valence-electron chi connectivity index (χ1n) is 8.24. The fraction of sp³-hybridized carbons (Fsp3) is 0.611.